The van der Waals surface area contributed by atoms with Crippen LogP contribution >= 0.6 is 0 Å². The summed E-state index contributed by atoms with van der Waals surface area (Å²) < 4.78 is 28.3. The number of nitrogens with one attached hydrogen (secondary N) is 6. The maximum atomic E-state index is 15.5. The van der Waals surface area contributed by atoms with E-state index in [0.29, 0.717) is 89.5 Å². The van der Waals surface area contributed by atoms with Gasteiger partial charge in [0.1, 0.15) is 31.3 Å². The fraction of sp³-hybridized carbons (Fsp3) is 0.436. The average Bonchev–Trinajstić information content (AvgIpc) is 4.32. The minimum atomic E-state index is -2.05. The Hall–Kier alpha value is -8.18. The number of pyridine rings is 2. The Kier molecular flexibility index (Phi) is 16.2. The highest BCUT2D eigenvalue weighted by molar-refractivity contribution is 6.12. The Bertz CT molecular complexity index is 3210. The number of halogens is 1. The van der Waals surface area contributed by atoms with E-state index < -0.39 is 103 Å². The third-order valence-corrected chi connectivity index (χ3v) is 15.0. The highest BCUT2D eigenvalue weighted by Gasteiger charge is 2.46. The van der Waals surface area contributed by atoms with Crippen LogP contribution in [-0.4, -0.2) is 118 Å². The minimum absolute atomic E-state index is 0.0396. The van der Waals surface area contributed by atoms with E-state index in [-0.39, 0.29) is 67.8 Å². The molecule has 4 aromatic rings. The van der Waals surface area contributed by atoms with Crippen LogP contribution < -0.4 is 37.5 Å². The molecule has 2 aliphatic carbocycles. The second-order valence-electron chi connectivity index (χ2n) is 20.1. The van der Waals surface area contributed by atoms with Crippen LogP contribution in [0.4, 0.5) is 4.39 Å². The molecule has 2 aromatic carbocycles. The summed E-state index contributed by atoms with van der Waals surface area (Å²) in [7, 11) is 0. The summed E-state index contributed by atoms with van der Waals surface area (Å²) in [6.07, 6.45) is 5.24. The number of rotatable bonds is 23. The lowest BCUT2D eigenvalue weighted by Gasteiger charge is -2.31. The number of hydrogen-bond donors (Lipinski definition) is 7. The summed E-state index contributed by atoms with van der Waals surface area (Å²) in [5.41, 5.74) is 1.96. The highest BCUT2D eigenvalue weighted by atomic mass is 19.1. The first-order chi connectivity index (χ1) is 37.4. The van der Waals surface area contributed by atoms with E-state index in [0.717, 1.165) is 10.5 Å². The van der Waals surface area contributed by atoms with Crippen molar-refractivity contribution in [2.75, 3.05) is 32.9 Å². The zero-order valence-electron chi connectivity index (χ0n) is 43.1. The molecule has 1 fully saturated rings. The third-order valence-electron chi connectivity index (χ3n) is 15.0. The molecule has 23 heteroatoms. The second-order valence-corrected chi connectivity index (χ2v) is 20.1. The third kappa shape index (κ3) is 11.6. The first-order valence-corrected chi connectivity index (χ1v) is 26.1. The summed E-state index contributed by atoms with van der Waals surface area (Å²) in [6, 6.07) is 9.91. The number of hydrogen-bond acceptors (Lipinski definition) is 14. The van der Waals surface area contributed by atoms with Gasteiger partial charge in [0.25, 0.3) is 17.4 Å². The fourth-order valence-electron chi connectivity index (χ4n) is 10.5. The number of nitrogens with zero attached hydrogens (tertiary/aromatic N) is 3. The number of amides is 8. The van der Waals surface area contributed by atoms with Crippen LogP contribution in [0.25, 0.3) is 22.3 Å². The quantitative estimate of drug-likeness (QED) is 0.0209. The largest absolute Gasteiger partial charge is 0.458 e. The van der Waals surface area contributed by atoms with Crippen molar-refractivity contribution < 1.29 is 62.1 Å². The first-order valence-electron chi connectivity index (χ1n) is 26.1. The molecule has 3 aliphatic heterocycles. The molecular formula is C55H60FN9O13. The van der Waals surface area contributed by atoms with Crippen LogP contribution in [0, 0.1) is 18.7 Å². The molecular weight excluding hydrogens is 1010 g/mol. The van der Waals surface area contributed by atoms with Gasteiger partial charge < -0.3 is 51.0 Å². The number of carbonyl (C=O) groups is 9. The number of aliphatic hydroxyl groups is 1. The Morgan fingerprint density at radius 1 is 0.846 bits per heavy atom. The number of ether oxygens (including phenoxy) is 2. The summed E-state index contributed by atoms with van der Waals surface area (Å²) in [4.78, 5) is 135. The topological polar surface area (TPSA) is 303 Å². The zero-order chi connectivity index (χ0) is 55.4. The van der Waals surface area contributed by atoms with E-state index in [9.17, 15) is 53.1 Å². The van der Waals surface area contributed by atoms with E-state index in [4.69, 9.17) is 14.5 Å². The molecule has 0 spiro atoms. The Morgan fingerprint density at radius 3 is 2.28 bits per heavy atom. The molecule has 4 atom stereocenters. The van der Waals surface area contributed by atoms with Gasteiger partial charge in [0.15, 0.2) is 5.60 Å². The van der Waals surface area contributed by atoms with Gasteiger partial charge in [0.05, 0.1) is 54.7 Å². The lowest BCUT2D eigenvalue weighted by molar-refractivity contribution is -0.172. The number of carbonyl (C=O) groups excluding carboxylic acids is 9. The summed E-state index contributed by atoms with van der Waals surface area (Å²) in [5, 5.41) is 27.8. The van der Waals surface area contributed by atoms with Gasteiger partial charge >= 0.3 is 5.97 Å². The SMILES string of the molecule is CC[C@@]1(O)C(=O)OCc2c1cc1n(c2=O)Cc2c-1nc1cc(F)c(C)c3c1c2[C@@H](NC(=O)[C@@H](OCNC(=O)CNC(=O)[C@H](Cc1ccccc1)NC(=O)CNC(=O)CNC(=O)CCCCCN1C(=O)C=CC1=O)C1CC1)CC3. The maximum absolute atomic E-state index is 15.5. The predicted octanol–water partition coefficient (Wildman–Crippen LogP) is 1.06. The van der Waals surface area contributed by atoms with Gasteiger partial charge in [0, 0.05) is 54.1 Å². The van der Waals surface area contributed by atoms with Crippen LogP contribution in [0.5, 0.6) is 0 Å². The number of fused-ring (bicyclic) bond motifs is 5. The Morgan fingerprint density at radius 2 is 1.55 bits per heavy atom. The lowest BCUT2D eigenvalue weighted by Crippen LogP contribution is -2.52. The Balaban J connectivity index is 0.777. The van der Waals surface area contributed by atoms with Crippen LogP contribution in [0.2, 0.25) is 0 Å². The monoisotopic (exact) mass is 1070 g/mol. The van der Waals surface area contributed by atoms with Gasteiger partial charge in [-0.15, -0.1) is 0 Å². The van der Waals surface area contributed by atoms with Crippen LogP contribution in [-0.2, 0) is 84.2 Å². The smallest absolute Gasteiger partial charge is 0.343 e. The molecule has 410 valence electrons. The molecule has 8 amide bonds. The van der Waals surface area contributed by atoms with Gasteiger partial charge in [-0.1, -0.05) is 43.7 Å². The van der Waals surface area contributed by atoms with Crippen molar-refractivity contribution in [1.29, 1.82) is 0 Å². The number of benzene rings is 2. The number of cyclic esters (lactones) is 1. The molecule has 0 saturated heterocycles. The molecule has 1 saturated carbocycles. The summed E-state index contributed by atoms with van der Waals surface area (Å²) in [5.74, 6) is -5.79. The van der Waals surface area contributed by atoms with E-state index in [1.807, 2.05) is 0 Å². The van der Waals surface area contributed by atoms with Crippen LogP contribution in [0.1, 0.15) is 103 Å². The van der Waals surface area contributed by atoms with Gasteiger partial charge in [-0.25, -0.2) is 14.2 Å². The first kappa shape index (κ1) is 54.6. The van der Waals surface area contributed by atoms with E-state index in [1.54, 1.807) is 50.2 Å². The number of esters is 1. The second kappa shape index (κ2) is 23.2. The molecule has 22 nitrogen and oxygen atoms in total. The predicted molar refractivity (Wildman–Crippen MR) is 274 cm³/mol. The van der Waals surface area contributed by atoms with Crippen molar-refractivity contribution in [2.45, 2.75) is 115 Å². The Labute approximate surface area is 446 Å². The highest BCUT2D eigenvalue weighted by Crippen LogP contribution is 2.46. The maximum Gasteiger partial charge on any atom is 0.343 e. The molecule has 0 radical (unpaired) electrons. The summed E-state index contributed by atoms with van der Waals surface area (Å²) in [6.45, 7) is 1.45. The number of imide groups is 1. The van der Waals surface area contributed by atoms with Crippen molar-refractivity contribution in [2.24, 2.45) is 5.92 Å². The zero-order valence-corrected chi connectivity index (χ0v) is 43.1. The average molecular weight is 1070 g/mol. The van der Waals surface area contributed by atoms with Crippen LogP contribution in [0.15, 0.2) is 59.4 Å². The summed E-state index contributed by atoms with van der Waals surface area (Å²) >= 11 is 0. The number of unbranched alkanes of at least 4 members (excludes halogenated alkanes) is 2. The fourth-order valence-corrected chi connectivity index (χ4v) is 10.5. The van der Waals surface area contributed by atoms with E-state index >= 15 is 4.39 Å². The molecule has 78 heavy (non-hydrogen) atoms. The van der Waals surface area contributed by atoms with Gasteiger partial charge in [-0.2, -0.15) is 0 Å². The minimum Gasteiger partial charge on any atom is -0.458 e. The standard InChI is InChI=1S/C55H60FN9O13/c1-3-55(76)35-21-40-49-33(26-65(40)53(74)34(35)27-77-54(55)75)48-37(16-15-32-29(2)36(56)22-38(62-49)47(32)48)63-52(73)50(31-13-14-31)78-28-60-43(68)24-59-51(72)39(20-30-10-6-4-7-11-30)61-44(69)25-58-42(67)23-57-41(66)12-8-5-9-19-64-45(70)17-18-46(64)71/h4,6-7,10-11,17-18,21-22,31,37,39,50,76H,3,5,8-9,12-16,19-20,23-28H2,1-2H3,(H,57,66)(H,58,67)(H,59,72)(H,60,68)(H,61,69)(H,63,73)/t37-,39-,50-,55-/m0/s1. The van der Waals surface area contributed by atoms with Gasteiger partial charge in [-0.05, 0) is 86.1 Å². The van der Waals surface area contributed by atoms with Crippen molar-refractivity contribution in [1.82, 2.24) is 46.4 Å². The molecule has 9 rings (SSSR count). The van der Waals surface area contributed by atoms with E-state index in [1.165, 1.54) is 22.8 Å². The molecule has 7 N–H and O–H groups in total. The molecule has 5 heterocycles. The lowest BCUT2D eigenvalue weighted by atomic mass is 9.81. The van der Waals surface area contributed by atoms with Gasteiger partial charge in [-0.3, -0.25) is 48.1 Å². The number of aromatic nitrogens is 2. The van der Waals surface area contributed by atoms with Crippen LogP contribution in [0.3, 0.4) is 0 Å². The van der Waals surface area contributed by atoms with Crippen molar-refractivity contribution in [3.63, 3.8) is 0 Å². The van der Waals surface area contributed by atoms with Crippen molar-refractivity contribution in [3.8, 4) is 11.4 Å². The number of aryl methyl sites for hydroxylation is 1. The normalized spacial score (nSPS) is 18.5. The van der Waals surface area contributed by atoms with Gasteiger partial charge in [0.2, 0.25) is 35.4 Å². The molecule has 0 unspecified atom stereocenters. The van der Waals surface area contributed by atoms with E-state index in [2.05, 4.69) is 31.9 Å². The molecule has 2 aromatic heterocycles. The van der Waals surface area contributed by atoms with Crippen molar-refractivity contribution in [3.05, 3.63) is 110 Å². The van der Waals surface area contributed by atoms with Crippen molar-refractivity contribution >= 4 is 64.1 Å². The molecule has 5 aliphatic rings. The molecule has 0 bridgehead atoms.